The number of amides is 1. The SMILES string of the molecule is COCCN1C(=O)C(=O)/C(=C(/O)c2ccccc2)C1c1ccc(C)cc1. The first kappa shape index (κ1) is 17.9. The summed E-state index contributed by atoms with van der Waals surface area (Å²) in [6.07, 6.45) is 0. The Balaban J connectivity index is 2.15. The highest BCUT2D eigenvalue weighted by molar-refractivity contribution is 6.46. The van der Waals surface area contributed by atoms with E-state index in [4.69, 9.17) is 4.74 Å². The van der Waals surface area contributed by atoms with E-state index >= 15 is 0 Å². The van der Waals surface area contributed by atoms with Crippen LogP contribution in [0.3, 0.4) is 0 Å². The molecule has 0 saturated carbocycles. The van der Waals surface area contributed by atoms with Crippen molar-refractivity contribution in [2.24, 2.45) is 0 Å². The maximum absolute atomic E-state index is 12.7. The quantitative estimate of drug-likeness (QED) is 0.511. The number of Topliss-reactive ketones (excluding diaryl/α,β-unsaturated/α-hetero) is 1. The fourth-order valence-electron chi connectivity index (χ4n) is 3.15. The lowest BCUT2D eigenvalue weighted by molar-refractivity contribution is -0.140. The molecule has 5 nitrogen and oxygen atoms in total. The number of methoxy groups -OCH3 is 1. The van der Waals surface area contributed by atoms with Crippen molar-refractivity contribution in [2.45, 2.75) is 13.0 Å². The fraction of sp³-hybridized carbons (Fsp3) is 0.238. The third-order valence-corrected chi connectivity index (χ3v) is 4.52. The Morgan fingerprint density at radius 2 is 1.73 bits per heavy atom. The van der Waals surface area contributed by atoms with Gasteiger partial charge in [0, 0.05) is 19.2 Å². The zero-order valence-corrected chi connectivity index (χ0v) is 14.8. The summed E-state index contributed by atoms with van der Waals surface area (Å²) < 4.78 is 5.09. The molecule has 5 heteroatoms. The number of nitrogens with zero attached hydrogens (tertiary/aromatic N) is 1. The minimum absolute atomic E-state index is 0.112. The molecule has 26 heavy (non-hydrogen) atoms. The van der Waals surface area contributed by atoms with Gasteiger partial charge in [-0.05, 0) is 12.5 Å². The van der Waals surface area contributed by atoms with Gasteiger partial charge in [-0.2, -0.15) is 0 Å². The van der Waals surface area contributed by atoms with Gasteiger partial charge >= 0.3 is 0 Å². The number of ether oxygens (including phenoxy) is 1. The molecule has 1 fully saturated rings. The Morgan fingerprint density at radius 1 is 1.08 bits per heavy atom. The topological polar surface area (TPSA) is 66.8 Å². The fourth-order valence-corrected chi connectivity index (χ4v) is 3.15. The molecule has 1 N–H and O–H groups in total. The van der Waals surface area contributed by atoms with Crippen LogP contribution in [0, 0.1) is 6.92 Å². The number of aliphatic hydroxyl groups is 1. The number of hydrogen-bond donors (Lipinski definition) is 1. The molecule has 0 bridgehead atoms. The minimum Gasteiger partial charge on any atom is -0.507 e. The molecule has 1 unspecified atom stereocenters. The number of rotatable bonds is 5. The number of benzene rings is 2. The van der Waals surface area contributed by atoms with Crippen molar-refractivity contribution < 1.29 is 19.4 Å². The van der Waals surface area contributed by atoms with E-state index in [1.165, 1.54) is 4.90 Å². The van der Waals surface area contributed by atoms with Crippen LogP contribution in [-0.4, -0.2) is 42.0 Å². The molecular formula is C21H21NO4. The van der Waals surface area contributed by atoms with Gasteiger partial charge in [-0.25, -0.2) is 0 Å². The predicted octanol–water partition coefficient (Wildman–Crippen LogP) is 3.06. The van der Waals surface area contributed by atoms with Gasteiger partial charge in [0.15, 0.2) is 0 Å². The van der Waals surface area contributed by atoms with E-state index in [0.717, 1.165) is 11.1 Å². The van der Waals surface area contributed by atoms with E-state index in [1.54, 1.807) is 31.4 Å². The summed E-state index contributed by atoms with van der Waals surface area (Å²) >= 11 is 0. The largest absolute Gasteiger partial charge is 0.507 e. The van der Waals surface area contributed by atoms with Crippen molar-refractivity contribution >= 4 is 17.4 Å². The van der Waals surface area contributed by atoms with Crippen molar-refractivity contribution in [1.29, 1.82) is 0 Å². The molecule has 1 heterocycles. The van der Waals surface area contributed by atoms with Crippen LogP contribution in [0.2, 0.25) is 0 Å². The molecule has 0 aliphatic carbocycles. The monoisotopic (exact) mass is 351 g/mol. The van der Waals surface area contributed by atoms with Crippen molar-refractivity contribution in [3.05, 3.63) is 76.9 Å². The second-order valence-corrected chi connectivity index (χ2v) is 6.26. The molecule has 0 spiro atoms. The zero-order chi connectivity index (χ0) is 18.7. The molecule has 1 aliphatic rings. The molecule has 1 aliphatic heterocycles. The second kappa shape index (κ2) is 7.54. The summed E-state index contributed by atoms with van der Waals surface area (Å²) in [4.78, 5) is 26.7. The highest BCUT2D eigenvalue weighted by Gasteiger charge is 2.45. The van der Waals surface area contributed by atoms with Crippen molar-refractivity contribution in [3.63, 3.8) is 0 Å². The first-order chi connectivity index (χ1) is 12.5. The summed E-state index contributed by atoms with van der Waals surface area (Å²) in [6.45, 7) is 2.54. The van der Waals surface area contributed by atoms with Crippen LogP contribution in [-0.2, 0) is 14.3 Å². The first-order valence-electron chi connectivity index (χ1n) is 8.44. The Morgan fingerprint density at radius 3 is 2.35 bits per heavy atom. The van der Waals surface area contributed by atoms with Gasteiger partial charge in [-0.3, -0.25) is 9.59 Å². The van der Waals surface area contributed by atoms with Crippen molar-refractivity contribution in [2.75, 3.05) is 20.3 Å². The van der Waals surface area contributed by atoms with E-state index < -0.39 is 17.7 Å². The second-order valence-electron chi connectivity index (χ2n) is 6.26. The third-order valence-electron chi connectivity index (χ3n) is 4.52. The van der Waals surface area contributed by atoms with Crippen LogP contribution in [0.1, 0.15) is 22.7 Å². The number of aliphatic hydroxyl groups excluding tert-OH is 1. The molecule has 2 aromatic carbocycles. The van der Waals surface area contributed by atoms with E-state index in [2.05, 4.69) is 0 Å². The predicted molar refractivity (Wildman–Crippen MR) is 98.5 cm³/mol. The summed E-state index contributed by atoms with van der Waals surface area (Å²) in [7, 11) is 1.54. The lowest BCUT2D eigenvalue weighted by atomic mass is 9.95. The molecule has 1 amide bonds. The van der Waals surface area contributed by atoms with E-state index in [0.29, 0.717) is 12.2 Å². The smallest absolute Gasteiger partial charge is 0.295 e. The van der Waals surface area contributed by atoms with Gasteiger partial charge in [0.25, 0.3) is 11.7 Å². The number of likely N-dealkylation sites (tertiary alicyclic amines) is 1. The number of ketones is 1. The van der Waals surface area contributed by atoms with Crippen LogP contribution >= 0.6 is 0 Å². The molecule has 1 saturated heterocycles. The van der Waals surface area contributed by atoms with Gasteiger partial charge in [-0.15, -0.1) is 0 Å². The standard InChI is InChI=1S/C21H21NO4/c1-14-8-10-15(11-9-14)18-17(19(23)16-6-4-3-5-7-16)20(24)21(25)22(18)12-13-26-2/h3-11,18,23H,12-13H2,1-2H3/b19-17+. The molecule has 1 atom stereocenters. The highest BCUT2D eigenvalue weighted by atomic mass is 16.5. The number of aryl methyl sites for hydroxylation is 1. The highest BCUT2D eigenvalue weighted by Crippen LogP contribution is 2.39. The number of carbonyl (C=O) groups excluding carboxylic acids is 2. The molecule has 3 rings (SSSR count). The van der Waals surface area contributed by atoms with Gasteiger partial charge in [0.05, 0.1) is 18.2 Å². The molecular weight excluding hydrogens is 330 g/mol. The Kier molecular flexibility index (Phi) is 5.19. The van der Waals surface area contributed by atoms with E-state index in [9.17, 15) is 14.7 Å². The summed E-state index contributed by atoms with van der Waals surface area (Å²) in [5, 5.41) is 10.8. The number of hydrogen-bond acceptors (Lipinski definition) is 4. The van der Waals surface area contributed by atoms with Crippen LogP contribution in [0.25, 0.3) is 5.76 Å². The van der Waals surface area contributed by atoms with Gasteiger partial charge in [0.2, 0.25) is 0 Å². The summed E-state index contributed by atoms with van der Waals surface area (Å²) in [5.74, 6) is -1.45. The summed E-state index contributed by atoms with van der Waals surface area (Å²) in [5.41, 5.74) is 2.48. The molecule has 0 radical (unpaired) electrons. The average molecular weight is 351 g/mol. The minimum atomic E-state index is -0.673. The molecule has 0 aromatic heterocycles. The number of carbonyl (C=O) groups is 2. The zero-order valence-electron chi connectivity index (χ0n) is 14.8. The lowest BCUT2D eigenvalue weighted by Gasteiger charge is -2.25. The maximum Gasteiger partial charge on any atom is 0.295 e. The van der Waals surface area contributed by atoms with Crippen molar-refractivity contribution in [1.82, 2.24) is 4.90 Å². The van der Waals surface area contributed by atoms with Gasteiger partial charge in [0.1, 0.15) is 5.76 Å². The van der Waals surface area contributed by atoms with E-state index in [-0.39, 0.29) is 17.9 Å². The first-order valence-corrected chi connectivity index (χ1v) is 8.44. The maximum atomic E-state index is 12.7. The van der Waals surface area contributed by atoms with Crippen LogP contribution in [0.4, 0.5) is 0 Å². The Bertz CT molecular complexity index is 840. The third kappa shape index (κ3) is 3.26. The van der Waals surface area contributed by atoms with Gasteiger partial charge < -0.3 is 14.7 Å². The lowest BCUT2D eigenvalue weighted by Crippen LogP contribution is -2.32. The Labute approximate surface area is 152 Å². The summed E-state index contributed by atoms with van der Waals surface area (Å²) in [6, 6.07) is 15.8. The van der Waals surface area contributed by atoms with Crippen LogP contribution in [0.5, 0.6) is 0 Å². The van der Waals surface area contributed by atoms with Gasteiger partial charge in [-0.1, -0.05) is 60.2 Å². The average Bonchev–Trinajstić information content (AvgIpc) is 2.91. The Hall–Kier alpha value is -2.92. The normalized spacial score (nSPS) is 19.2. The van der Waals surface area contributed by atoms with Crippen LogP contribution < -0.4 is 0 Å². The van der Waals surface area contributed by atoms with Crippen LogP contribution in [0.15, 0.2) is 60.2 Å². The van der Waals surface area contributed by atoms with E-state index in [1.807, 2.05) is 37.3 Å². The molecule has 134 valence electrons. The van der Waals surface area contributed by atoms with Crippen molar-refractivity contribution in [3.8, 4) is 0 Å². The molecule has 2 aromatic rings.